The highest BCUT2D eigenvalue weighted by Gasteiger charge is 2.19. The van der Waals surface area contributed by atoms with Gasteiger partial charge < -0.3 is 16.4 Å². The Labute approximate surface area is 132 Å². The minimum Gasteiger partial charge on any atom is -0.382 e. The number of nitrogen functional groups attached to an aromatic ring is 1. The van der Waals surface area contributed by atoms with Gasteiger partial charge in [-0.25, -0.2) is 0 Å². The summed E-state index contributed by atoms with van der Waals surface area (Å²) in [6.07, 6.45) is 0. The number of aromatic nitrogens is 1. The third-order valence-electron chi connectivity index (χ3n) is 2.71. The highest BCUT2D eigenvalue weighted by molar-refractivity contribution is 7.11. The number of anilines is 2. The average molecular weight is 325 g/mol. The van der Waals surface area contributed by atoms with E-state index in [0.717, 1.165) is 5.56 Å². The second-order valence-electron chi connectivity index (χ2n) is 4.88. The summed E-state index contributed by atoms with van der Waals surface area (Å²) in [7, 11) is 0. The van der Waals surface area contributed by atoms with Crippen LogP contribution in [0.25, 0.3) is 0 Å². The van der Waals surface area contributed by atoms with E-state index in [1.807, 2.05) is 38.1 Å². The molecule has 0 aliphatic rings. The van der Waals surface area contributed by atoms with Gasteiger partial charge in [0.15, 0.2) is 5.82 Å². The number of nitrogens with zero attached hydrogens (tertiary/aromatic N) is 1. The van der Waals surface area contributed by atoms with Crippen LogP contribution < -0.4 is 16.4 Å². The molecule has 21 heavy (non-hydrogen) atoms. The van der Waals surface area contributed by atoms with Crippen molar-refractivity contribution in [2.24, 2.45) is 0 Å². The van der Waals surface area contributed by atoms with E-state index in [0.29, 0.717) is 22.1 Å². The smallest absolute Gasteiger partial charge is 0.258 e. The van der Waals surface area contributed by atoms with Gasteiger partial charge in [-0.2, -0.15) is 4.37 Å². The fourth-order valence-corrected chi connectivity index (χ4v) is 2.73. The molecule has 0 saturated heterocycles. The molecule has 1 aromatic carbocycles. The van der Waals surface area contributed by atoms with E-state index < -0.39 is 0 Å². The Balaban J connectivity index is 2.12. The highest BCUT2D eigenvalue weighted by atomic mass is 35.5. The fourth-order valence-electron chi connectivity index (χ4n) is 1.81. The van der Waals surface area contributed by atoms with Crippen LogP contribution in [0.15, 0.2) is 24.3 Å². The van der Waals surface area contributed by atoms with Gasteiger partial charge in [0.1, 0.15) is 10.6 Å². The molecule has 0 bridgehead atoms. The Bertz CT molecular complexity index is 642. The maximum atomic E-state index is 12.1. The molecular weight excluding hydrogens is 308 g/mol. The lowest BCUT2D eigenvalue weighted by Gasteiger charge is -2.10. The first-order valence-electron chi connectivity index (χ1n) is 6.51. The maximum absolute atomic E-state index is 12.1. The third kappa shape index (κ3) is 4.09. The molecule has 0 spiro atoms. The van der Waals surface area contributed by atoms with Crippen molar-refractivity contribution >= 4 is 39.9 Å². The zero-order valence-corrected chi connectivity index (χ0v) is 13.4. The Kier molecular flexibility index (Phi) is 5.03. The normalized spacial score (nSPS) is 10.7. The first kappa shape index (κ1) is 15.6. The Morgan fingerprint density at radius 3 is 2.90 bits per heavy atom. The van der Waals surface area contributed by atoms with Gasteiger partial charge in [0.2, 0.25) is 0 Å². The number of benzene rings is 1. The lowest BCUT2D eigenvalue weighted by molar-refractivity contribution is 0.0945. The van der Waals surface area contributed by atoms with Gasteiger partial charge in [-0.15, -0.1) is 0 Å². The van der Waals surface area contributed by atoms with Crippen LogP contribution in [-0.2, 0) is 6.54 Å². The summed E-state index contributed by atoms with van der Waals surface area (Å²) >= 11 is 7.12. The Morgan fingerprint density at radius 2 is 2.24 bits per heavy atom. The molecule has 0 fully saturated rings. The van der Waals surface area contributed by atoms with E-state index in [1.54, 1.807) is 0 Å². The lowest BCUT2D eigenvalue weighted by atomic mass is 10.2. The molecule has 0 saturated carbocycles. The molecule has 1 heterocycles. The zero-order chi connectivity index (χ0) is 15.4. The standard InChI is InChI=1S/C14H17ClN4OS/c1-8(2)18-13(20)11-12(16)19-21-14(11)17-7-9-4-3-5-10(15)6-9/h3-6,8,17H,7H2,1-2H3,(H2,16,19)(H,18,20). The predicted octanol–water partition coefficient (Wildman–Crippen LogP) is 3.13. The molecule has 2 rings (SSSR count). The Hall–Kier alpha value is -1.79. The van der Waals surface area contributed by atoms with Crippen LogP contribution in [0.5, 0.6) is 0 Å². The molecule has 112 valence electrons. The van der Waals surface area contributed by atoms with Crippen LogP contribution >= 0.6 is 23.1 Å². The van der Waals surface area contributed by atoms with E-state index in [-0.39, 0.29) is 17.8 Å². The molecule has 0 unspecified atom stereocenters. The van der Waals surface area contributed by atoms with Crippen LogP contribution in [0.1, 0.15) is 29.8 Å². The molecule has 0 aliphatic heterocycles. The molecule has 5 nitrogen and oxygen atoms in total. The van der Waals surface area contributed by atoms with Gasteiger partial charge >= 0.3 is 0 Å². The first-order valence-corrected chi connectivity index (χ1v) is 7.67. The summed E-state index contributed by atoms with van der Waals surface area (Å²) in [6.45, 7) is 4.34. The topological polar surface area (TPSA) is 80.0 Å². The molecule has 0 radical (unpaired) electrons. The summed E-state index contributed by atoms with van der Waals surface area (Å²) < 4.78 is 4.04. The van der Waals surface area contributed by atoms with Crippen LogP contribution in [-0.4, -0.2) is 16.3 Å². The number of carbonyl (C=O) groups is 1. The van der Waals surface area contributed by atoms with E-state index in [1.165, 1.54) is 11.5 Å². The van der Waals surface area contributed by atoms with Gasteiger partial charge in [0, 0.05) is 17.6 Å². The first-order chi connectivity index (χ1) is 9.97. The van der Waals surface area contributed by atoms with Gasteiger partial charge in [-0.1, -0.05) is 23.7 Å². The number of halogens is 1. The fraction of sp³-hybridized carbons (Fsp3) is 0.286. The van der Waals surface area contributed by atoms with Gasteiger partial charge in [-0.05, 0) is 43.1 Å². The summed E-state index contributed by atoms with van der Waals surface area (Å²) in [4.78, 5) is 12.1. The number of hydrogen-bond donors (Lipinski definition) is 3. The van der Waals surface area contributed by atoms with Gasteiger partial charge in [-0.3, -0.25) is 4.79 Å². The van der Waals surface area contributed by atoms with Crippen molar-refractivity contribution in [3.8, 4) is 0 Å². The maximum Gasteiger partial charge on any atom is 0.258 e. The van der Waals surface area contributed by atoms with Crippen molar-refractivity contribution in [2.45, 2.75) is 26.4 Å². The molecule has 0 aliphatic carbocycles. The summed E-state index contributed by atoms with van der Waals surface area (Å²) in [5.74, 6) is 0.0246. The number of hydrogen-bond acceptors (Lipinski definition) is 5. The van der Waals surface area contributed by atoms with E-state index >= 15 is 0 Å². The average Bonchev–Trinajstić information content (AvgIpc) is 2.77. The molecule has 1 aromatic heterocycles. The molecule has 0 atom stereocenters. The van der Waals surface area contributed by atoms with Crippen molar-refractivity contribution in [1.82, 2.24) is 9.69 Å². The number of nitrogens with two attached hydrogens (primary N) is 1. The number of carbonyl (C=O) groups excluding carboxylic acids is 1. The van der Waals surface area contributed by atoms with E-state index in [2.05, 4.69) is 15.0 Å². The Morgan fingerprint density at radius 1 is 1.48 bits per heavy atom. The minimum atomic E-state index is -0.218. The highest BCUT2D eigenvalue weighted by Crippen LogP contribution is 2.27. The van der Waals surface area contributed by atoms with Crippen molar-refractivity contribution in [1.29, 1.82) is 0 Å². The van der Waals surface area contributed by atoms with Crippen LogP contribution in [0.2, 0.25) is 5.02 Å². The van der Waals surface area contributed by atoms with Crippen molar-refractivity contribution in [3.63, 3.8) is 0 Å². The van der Waals surface area contributed by atoms with E-state index in [9.17, 15) is 4.79 Å². The van der Waals surface area contributed by atoms with Crippen LogP contribution in [0, 0.1) is 0 Å². The summed E-state index contributed by atoms with van der Waals surface area (Å²) in [5, 5.41) is 7.34. The lowest BCUT2D eigenvalue weighted by Crippen LogP contribution is -2.30. The van der Waals surface area contributed by atoms with Crippen molar-refractivity contribution < 1.29 is 4.79 Å². The second kappa shape index (κ2) is 6.78. The molecular formula is C14H17ClN4OS. The molecule has 7 heteroatoms. The molecule has 2 aromatic rings. The van der Waals surface area contributed by atoms with Gasteiger partial charge in [0.25, 0.3) is 5.91 Å². The molecule has 4 N–H and O–H groups in total. The summed E-state index contributed by atoms with van der Waals surface area (Å²) in [6, 6.07) is 7.56. The van der Waals surface area contributed by atoms with Crippen LogP contribution in [0.4, 0.5) is 10.8 Å². The third-order valence-corrected chi connectivity index (χ3v) is 3.76. The zero-order valence-electron chi connectivity index (χ0n) is 11.8. The quantitative estimate of drug-likeness (QED) is 0.789. The monoisotopic (exact) mass is 324 g/mol. The van der Waals surface area contributed by atoms with Crippen molar-refractivity contribution in [3.05, 3.63) is 40.4 Å². The summed E-state index contributed by atoms with van der Waals surface area (Å²) in [5.41, 5.74) is 7.21. The van der Waals surface area contributed by atoms with Crippen LogP contribution in [0.3, 0.4) is 0 Å². The number of rotatable bonds is 5. The predicted molar refractivity (Wildman–Crippen MR) is 87.9 cm³/mol. The minimum absolute atomic E-state index is 0.0394. The number of amides is 1. The van der Waals surface area contributed by atoms with E-state index in [4.69, 9.17) is 17.3 Å². The van der Waals surface area contributed by atoms with Crippen molar-refractivity contribution in [2.75, 3.05) is 11.1 Å². The van der Waals surface area contributed by atoms with Gasteiger partial charge in [0.05, 0.1) is 0 Å². The number of nitrogens with one attached hydrogen (secondary N) is 2. The molecule has 1 amide bonds. The SMILES string of the molecule is CC(C)NC(=O)c1c(N)nsc1NCc1cccc(Cl)c1. The largest absolute Gasteiger partial charge is 0.382 e. The second-order valence-corrected chi connectivity index (χ2v) is 6.09.